The van der Waals surface area contributed by atoms with Crippen LogP contribution in [-0.2, 0) is 16.4 Å². The molecule has 0 bridgehead atoms. The molecule has 19 heavy (non-hydrogen) atoms. The molecule has 0 fully saturated rings. The van der Waals surface area contributed by atoms with Gasteiger partial charge in [0.15, 0.2) is 0 Å². The molecule has 99 valence electrons. The Hall–Kier alpha value is -1.72. The summed E-state index contributed by atoms with van der Waals surface area (Å²) in [5.41, 5.74) is 1.03. The molecular weight excluding hydrogens is 265 g/mol. The SMILES string of the molecule is O=S(=O)(NCCc1cc[c]cc1)c1ccc(F)cc1. The zero-order valence-electron chi connectivity index (χ0n) is 10.1. The molecule has 0 saturated heterocycles. The van der Waals surface area contributed by atoms with Crippen molar-refractivity contribution in [1.82, 2.24) is 4.72 Å². The van der Waals surface area contributed by atoms with Gasteiger partial charge in [0.05, 0.1) is 4.90 Å². The number of benzene rings is 2. The highest BCUT2D eigenvalue weighted by Gasteiger charge is 2.12. The van der Waals surface area contributed by atoms with Gasteiger partial charge in [-0.1, -0.05) is 24.3 Å². The van der Waals surface area contributed by atoms with Gasteiger partial charge in [0.25, 0.3) is 0 Å². The van der Waals surface area contributed by atoms with E-state index in [1.165, 1.54) is 12.1 Å². The molecule has 0 unspecified atom stereocenters. The maximum atomic E-state index is 12.7. The van der Waals surface area contributed by atoms with Crippen molar-refractivity contribution in [1.29, 1.82) is 0 Å². The number of hydrogen-bond acceptors (Lipinski definition) is 2. The Kier molecular flexibility index (Phi) is 4.29. The average molecular weight is 278 g/mol. The summed E-state index contributed by atoms with van der Waals surface area (Å²) in [6.45, 7) is 0.295. The summed E-state index contributed by atoms with van der Waals surface area (Å²) in [7, 11) is -3.57. The summed E-state index contributed by atoms with van der Waals surface area (Å²) in [5, 5.41) is 0. The topological polar surface area (TPSA) is 46.2 Å². The molecule has 0 aliphatic rings. The summed E-state index contributed by atoms with van der Waals surface area (Å²) in [5.74, 6) is -0.459. The Labute approximate surface area is 112 Å². The van der Waals surface area contributed by atoms with Crippen LogP contribution in [0.2, 0.25) is 0 Å². The number of sulfonamides is 1. The molecule has 0 heterocycles. The average Bonchev–Trinajstić information content (AvgIpc) is 2.40. The van der Waals surface area contributed by atoms with Gasteiger partial charge in [0.1, 0.15) is 5.82 Å². The molecule has 0 aliphatic heterocycles. The lowest BCUT2D eigenvalue weighted by Crippen LogP contribution is -2.25. The van der Waals surface area contributed by atoms with Crippen LogP contribution in [-0.4, -0.2) is 15.0 Å². The van der Waals surface area contributed by atoms with Crippen LogP contribution in [0.5, 0.6) is 0 Å². The molecular formula is C14H13FNO2S. The maximum Gasteiger partial charge on any atom is 0.240 e. The Morgan fingerprint density at radius 2 is 1.68 bits per heavy atom. The Morgan fingerprint density at radius 3 is 2.32 bits per heavy atom. The van der Waals surface area contributed by atoms with Gasteiger partial charge in [-0.05, 0) is 42.3 Å². The number of hydrogen-bond donors (Lipinski definition) is 1. The van der Waals surface area contributed by atoms with Crippen LogP contribution in [0.1, 0.15) is 5.56 Å². The Balaban J connectivity index is 1.97. The maximum absolute atomic E-state index is 12.7. The fraction of sp³-hybridized carbons (Fsp3) is 0.143. The first-order valence-corrected chi connectivity index (χ1v) is 7.26. The first-order valence-electron chi connectivity index (χ1n) is 5.78. The van der Waals surface area contributed by atoms with E-state index in [0.29, 0.717) is 13.0 Å². The monoisotopic (exact) mass is 278 g/mol. The highest BCUT2D eigenvalue weighted by molar-refractivity contribution is 7.89. The lowest BCUT2D eigenvalue weighted by molar-refractivity contribution is 0.580. The third kappa shape index (κ3) is 3.87. The van der Waals surface area contributed by atoms with Crippen LogP contribution >= 0.6 is 0 Å². The van der Waals surface area contributed by atoms with Crippen LogP contribution in [0.3, 0.4) is 0 Å². The molecule has 3 nitrogen and oxygen atoms in total. The van der Waals surface area contributed by atoms with E-state index in [1.807, 2.05) is 12.1 Å². The molecule has 5 heteroatoms. The van der Waals surface area contributed by atoms with Crippen molar-refractivity contribution in [2.75, 3.05) is 6.54 Å². The fourth-order valence-electron chi connectivity index (χ4n) is 1.61. The molecule has 0 aromatic heterocycles. The van der Waals surface area contributed by atoms with E-state index in [9.17, 15) is 12.8 Å². The van der Waals surface area contributed by atoms with Crippen molar-refractivity contribution in [3.8, 4) is 0 Å². The molecule has 0 spiro atoms. The van der Waals surface area contributed by atoms with E-state index >= 15 is 0 Å². The van der Waals surface area contributed by atoms with E-state index in [-0.39, 0.29) is 4.90 Å². The molecule has 0 aliphatic carbocycles. The zero-order chi connectivity index (χ0) is 13.7. The molecule has 2 aromatic rings. The first kappa shape index (κ1) is 13.7. The quantitative estimate of drug-likeness (QED) is 0.911. The highest BCUT2D eigenvalue weighted by atomic mass is 32.2. The predicted octanol–water partition coefficient (Wildman–Crippen LogP) is 2.15. The normalized spacial score (nSPS) is 11.4. The molecule has 2 aromatic carbocycles. The van der Waals surface area contributed by atoms with Crippen LogP contribution < -0.4 is 4.72 Å². The van der Waals surface area contributed by atoms with Crippen molar-refractivity contribution in [3.63, 3.8) is 0 Å². The van der Waals surface area contributed by atoms with Gasteiger partial charge in [0.2, 0.25) is 10.0 Å². The van der Waals surface area contributed by atoms with Gasteiger partial charge in [-0.2, -0.15) is 0 Å². The van der Waals surface area contributed by atoms with E-state index in [4.69, 9.17) is 0 Å². The molecule has 1 N–H and O–H groups in total. The number of rotatable bonds is 5. The van der Waals surface area contributed by atoms with Crippen molar-refractivity contribution in [3.05, 3.63) is 66.0 Å². The summed E-state index contributed by atoms with van der Waals surface area (Å²) >= 11 is 0. The van der Waals surface area contributed by atoms with Gasteiger partial charge in [-0.25, -0.2) is 17.5 Å². The van der Waals surface area contributed by atoms with E-state index in [1.54, 1.807) is 12.1 Å². The van der Waals surface area contributed by atoms with Crippen LogP contribution in [0, 0.1) is 11.9 Å². The summed E-state index contributed by atoms with van der Waals surface area (Å²) < 4.78 is 39.0. The summed E-state index contributed by atoms with van der Waals surface area (Å²) in [4.78, 5) is 0.0651. The van der Waals surface area contributed by atoms with E-state index in [2.05, 4.69) is 10.8 Å². The number of halogens is 1. The zero-order valence-corrected chi connectivity index (χ0v) is 11.0. The minimum absolute atomic E-state index is 0.0651. The standard InChI is InChI=1S/C14H13FNO2S/c15-13-6-8-14(9-7-13)19(17,18)16-11-10-12-4-2-1-3-5-12/h2-9,16H,10-11H2. The van der Waals surface area contributed by atoms with Crippen molar-refractivity contribution >= 4 is 10.0 Å². The second-order valence-corrected chi connectivity index (χ2v) is 5.78. The fourth-order valence-corrected chi connectivity index (χ4v) is 2.65. The van der Waals surface area contributed by atoms with Gasteiger partial charge in [-0.3, -0.25) is 0 Å². The minimum atomic E-state index is -3.57. The van der Waals surface area contributed by atoms with Gasteiger partial charge in [0, 0.05) is 6.54 Å². The van der Waals surface area contributed by atoms with Crippen LogP contribution in [0.15, 0.2) is 53.4 Å². The lowest BCUT2D eigenvalue weighted by atomic mass is 10.2. The predicted molar refractivity (Wildman–Crippen MR) is 70.6 cm³/mol. The van der Waals surface area contributed by atoms with E-state index < -0.39 is 15.8 Å². The first-order chi connectivity index (χ1) is 9.08. The van der Waals surface area contributed by atoms with Crippen LogP contribution in [0.25, 0.3) is 0 Å². The number of nitrogens with one attached hydrogen (secondary N) is 1. The lowest BCUT2D eigenvalue weighted by Gasteiger charge is -2.06. The van der Waals surface area contributed by atoms with Crippen molar-refractivity contribution < 1.29 is 12.8 Å². The van der Waals surface area contributed by atoms with E-state index in [0.717, 1.165) is 17.7 Å². The van der Waals surface area contributed by atoms with Gasteiger partial charge < -0.3 is 0 Å². The van der Waals surface area contributed by atoms with Gasteiger partial charge in [-0.15, -0.1) is 0 Å². The Bertz CT molecular complexity index is 624. The highest BCUT2D eigenvalue weighted by Crippen LogP contribution is 2.09. The smallest absolute Gasteiger partial charge is 0.211 e. The molecule has 0 atom stereocenters. The minimum Gasteiger partial charge on any atom is -0.211 e. The van der Waals surface area contributed by atoms with Crippen molar-refractivity contribution in [2.45, 2.75) is 11.3 Å². The third-order valence-corrected chi connectivity index (χ3v) is 4.09. The summed E-state index contributed by atoms with van der Waals surface area (Å²) in [6, 6.07) is 15.0. The molecule has 0 saturated carbocycles. The van der Waals surface area contributed by atoms with Crippen LogP contribution in [0.4, 0.5) is 4.39 Å². The molecule has 2 rings (SSSR count). The second-order valence-electron chi connectivity index (χ2n) is 4.01. The third-order valence-electron chi connectivity index (χ3n) is 2.62. The molecule has 0 amide bonds. The molecule has 1 radical (unpaired) electrons. The largest absolute Gasteiger partial charge is 0.240 e. The van der Waals surface area contributed by atoms with Crippen molar-refractivity contribution in [2.24, 2.45) is 0 Å². The summed E-state index contributed by atoms with van der Waals surface area (Å²) in [6.07, 6.45) is 0.592. The Morgan fingerprint density at radius 1 is 1.05 bits per heavy atom. The second kappa shape index (κ2) is 5.95. The van der Waals surface area contributed by atoms with Gasteiger partial charge >= 0.3 is 0 Å².